The first kappa shape index (κ1) is 15.0. The van der Waals surface area contributed by atoms with Crippen LogP contribution in [0, 0.1) is 5.82 Å². The summed E-state index contributed by atoms with van der Waals surface area (Å²) < 4.78 is 14.6. The van der Waals surface area contributed by atoms with E-state index in [0.717, 1.165) is 5.69 Å². The van der Waals surface area contributed by atoms with E-state index in [0.29, 0.717) is 17.6 Å². The summed E-state index contributed by atoms with van der Waals surface area (Å²) in [5, 5.41) is 0. The topological polar surface area (TPSA) is 58.1 Å². The number of rotatable bonds is 4. The lowest BCUT2D eigenvalue weighted by atomic mass is 10.2. The van der Waals surface area contributed by atoms with Crippen molar-refractivity contribution in [2.24, 2.45) is 0 Å². The number of anilines is 1. The van der Waals surface area contributed by atoms with Crippen molar-refractivity contribution in [2.75, 3.05) is 11.4 Å². The van der Waals surface area contributed by atoms with Crippen molar-refractivity contribution in [3.63, 3.8) is 0 Å². The van der Waals surface area contributed by atoms with Gasteiger partial charge in [0.2, 0.25) is 5.91 Å². The molecule has 0 fully saturated rings. The monoisotopic (exact) mass is 313 g/mol. The first-order valence-electron chi connectivity index (χ1n) is 7.33. The summed E-state index contributed by atoms with van der Waals surface area (Å²) in [6, 6.07) is 13.3. The number of nitrogens with zero attached hydrogens (tertiary/aromatic N) is 2. The van der Waals surface area contributed by atoms with E-state index in [9.17, 15) is 14.0 Å². The van der Waals surface area contributed by atoms with Crippen molar-refractivity contribution in [3.05, 3.63) is 64.8 Å². The van der Waals surface area contributed by atoms with Gasteiger partial charge in [-0.05, 0) is 37.3 Å². The molecule has 0 atom stereocenters. The molecule has 0 aliphatic heterocycles. The van der Waals surface area contributed by atoms with Gasteiger partial charge in [0.25, 0.3) is 0 Å². The van der Waals surface area contributed by atoms with Crippen LogP contribution >= 0.6 is 0 Å². The number of fused-ring (bicyclic) bond motifs is 1. The van der Waals surface area contributed by atoms with Gasteiger partial charge in [0.05, 0.1) is 11.0 Å². The van der Waals surface area contributed by atoms with Gasteiger partial charge in [0.15, 0.2) is 0 Å². The van der Waals surface area contributed by atoms with E-state index >= 15 is 0 Å². The molecule has 3 aromatic rings. The Balaban J connectivity index is 1.94. The molecule has 1 heterocycles. The maximum absolute atomic E-state index is 13.2. The number of imidazole rings is 1. The number of benzene rings is 2. The van der Waals surface area contributed by atoms with Crippen LogP contribution in [0.3, 0.4) is 0 Å². The van der Waals surface area contributed by atoms with Crippen LogP contribution in [-0.2, 0) is 11.3 Å². The molecule has 5 nitrogen and oxygen atoms in total. The Bertz CT molecular complexity index is 899. The maximum atomic E-state index is 13.2. The second-order valence-corrected chi connectivity index (χ2v) is 5.15. The Morgan fingerprint density at radius 1 is 1.22 bits per heavy atom. The summed E-state index contributed by atoms with van der Waals surface area (Å²) in [7, 11) is 0. The summed E-state index contributed by atoms with van der Waals surface area (Å²) in [5.74, 6) is -0.636. The van der Waals surface area contributed by atoms with Crippen molar-refractivity contribution in [2.45, 2.75) is 13.5 Å². The highest BCUT2D eigenvalue weighted by atomic mass is 19.1. The highest BCUT2D eigenvalue weighted by Gasteiger charge is 2.17. The first-order chi connectivity index (χ1) is 11.1. The number of halogens is 1. The van der Waals surface area contributed by atoms with Gasteiger partial charge in [-0.15, -0.1) is 0 Å². The molecule has 0 saturated carbocycles. The van der Waals surface area contributed by atoms with Crippen molar-refractivity contribution in [1.29, 1.82) is 0 Å². The average Bonchev–Trinajstić information content (AvgIpc) is 2.84. The third kappa shape index (κ3) is 2.88. The molecular formula is C17H16FN3O2. The SMILES string of the molecule is CCN(C(=O)Cn1c(=O)[nH]c2cc(F)ccc21)c1ccccc1. The summed E-state index contributed by atoms with van der Waals surface area (Å²) in [6.45, 7) is 2.26. The number of hydrogen-bond donors (Lipinski definition) is 1. The van der Waals surface area contributed by atoms with Crippen LogP contribution in [0.5, 0.6) is 0 Å². The lowest BCUT2D eigenvalue weighted by molar-refractivity contribution is -0.119. The second kappa shape index (κ2) is 6.08. The zero-order valence-corrected chi connectivity index (χ0v) is 12.6. The van der Waals surface area contributed by atoms with Gasteiger partial charge in [-0.25, -0.2) is 9.18 Å². The normalized spacial score (nSPS) is 10.9. The number of likely N-dealkylation sites (N-methyl/N-ethyl adjacent to an activating group) is 1. The molecule has 0 saturated heterocycles. The minimum absolute atomic E-state index is 0.104. The first-order valence-corrected chi connectivity index (χ1v) is 7.33. The van der Waals surface area contributed by atoms with Crippen LogP contribution in [-0.4, -0.2) is 22.0 Å². The molecule has 1 aromatic heterocycles. The van der Waals surface area contributed by atoms with Crippen LogP contribution in [0.1, 0.15) is 6.92 Å². The zero-order chi connectivity index (χ0) is 16.4. The molecule has 3 rings (SSSR count). The second-order valence-electron chi connectivity index (χ2n) is 5.15. The number of hydrogen-bond acceptors (Lipinski definition) is 2. The van der Waals surface area contributed by atoms with E-state index < -0.39 is 11.5 Å². The predicted octanol–water partition coefficient (Wildman–Crippen LogP) is 2.52. The highest BCUT2D eigenvalue weighted by molar-refractivity contribution is 5.93. The Morgan fingerprint density at radius 2 is 1.96 bits per heavy atom. The molecule has 0 unspecified atom stereocenters. The molecule has 6 heteroatoms. The van der Waals surface area contributed by atoms with Gasteiger partial charge in [-0.1, -0.05) is 18.2 Å². The highest BCUT2D eigenvalue weighted by Crippen LogP contribution is 2.15. The number of amides is 1. The Kier molecular flexibility index (Phi) is 3.97. The zero-order valence-electron chi connectivity index (χ0n) is 12.6. The van der Waals surface area contributed by atoms with Crippen molar-refractivity contribution in [1.82, 2.24) is 9.55 Å². The van der Waals surface area contributed by atoms with E-state index in [4.69, 9.17) is 0 Å². The molecule has 0 spiro atoms. The molecular weight excluding hydrogens is 297 g/mol. The van der Waals surface area contributed by atoms with E-state index in [1.807, 2.05) is 37.3 Å². The van der Waals surface area contributed by atoms with E-state index in [2.05, 4.69) is 4.98 Å². The fourth-order valence-corrected chi connectivity index (χ4v) is 2.62. The van der Waals surface area contributed by atoms with Gasteiger partial charge < -0.3 is 9.88 Å². The molecule has 0 aliphatic carbocycles. The number of nitrogens with one attached hydrogen (secondary N) is 1. The molecule has 1 amide bonds. The van der Waals surface area contributed by atoms with Crippen LogP contribution in [0.25, 0.3) is 11.0 Å². The third-order valence-corrected chi connectivity index (χ3v) is 3.71. The van der Waals surface area contributed by atoms with E-state index in [1.54, 1.807) is 4.90 Å². The largest absolute Gasteiger partial charge is 0.326 e. The number of carbonyl (C=O) groups excluding carboxylic acids is 1. The van der Waals surface area contributed by atoms with Gasteiger partial charge >= 0.3 is 5.69 Å². The summed E-state index contributed by atoms with van der Waals surface area (Å²) >= 11 is 0. The van der Waals surface area contributed by atoms with Gasteiger partial charge in [-0.2, -0.15) is 0 Å². The molecule has 0 aliphatic rings. The van der Waals surface area contributed by atoms with Gasteiger partial charge in [0.1, 0.15) is 12.4 Å². The number of para-hydroxylation sites is 1. The molecule has 0 radical (unpaired) electrons. The number of carbonyl (C=O) groups is 1. The van der Waals surface area contributed by atoms with Crippen LogP contribution < -0.4 is 10.6 Å². The number of aromatic amines is 1. The molecule has 2 aromatic carbocycles. The molecule has 118 valence electrons. The van der Waals surface area contributed by atoms with Crippen molar-refractivity contribution in [3.8, 4) is 0 Å². The summed E-state index contributed by atoms with van der Waals surface area (Å²) in [6.07, 6.45) is 0. The van der Waals surface area contributed by atoms with Gasteiger partial charge in [0, 0.05) is 12.2 Å². The summed E-state index contributed by atoms with van der Waals surface area (Å²) in [4.78, 5) is 28.8. The quantitative estimate of drug-likeness (QED) is 0.804. The van der Waals surface area contributed by atoms with E-state index in [1.165, 1.54) is 22.8 Å². The van der Waals surface area contributed by atoms with Crippen LogP contribution in [0.4, 0.5) is 10.1 Å². The minimum atomic E-state index is -0.434. The van der Waals surface area contributed by atoms with Gasteiger partial charge in [-0.3, -0.25) is 9.36 Å². The van der Waals surface area contributed by atoms with Crippen molar-refractivity contribution >= 4 is 22.6 Å². The lowest BCUT2D eigenvalue weighted by Crippen LogP contribution is -2.35. The maximum Gasteiger partial charge on any atom is 0.326 e. The van der Waals surface area contributed by atoms with Crippen LogP contribution in [0.2, 0.25) is 0 Å². The Morgan fingerprint density at radius 3 is 2.65 bits per heavy atom. The summed E-state index contributed by atoms with van der Waals surface area (Å²) in [5.41, 5.74) is 1.24. The fraction of sp³-hybridized carbons (Fsp3) is 0.176. The number of aromatic nitrogens is 2. The smallest absolute Gasteiger partial charge is 0.311 e. The Labute approximate surface area is 132 Å². The lowest BCUT2D eigenvalue weighted by Gasteiger charge is -2.21. The van der Waals surface area contributed by atoms with Crippen molar-refractivity contribution < 1.29 is 9.18 Å². The molecule has 0 bridgehead atoms. The Hall–Kier alpha value is -2.89. The van der Waals surface area contributed by atoms with Crippen LogP contribution in [0.15, 0.2) is 53.3 Å². The molecule has 23 heavy (non-hydrogen) atoms. The average molecular weight is 313 g/mol. The molecule has 1 N–H and O–H groups in total. The standard InChI is InChI=1S/C17H16FN3O2/c1-2-20(13-6-4-3-5-7-13)16(22)11-21-15-9-8-12(18)10-14(15)19-17(21)23/h3-10H,2,11H2,1H3,(H,19,23). The predicted molar refractivity (Wildman–Crippen MR) is 87.0 cm³/mol. The number of H-pyrrole nitrogens is 1. The third-order valence-electron chi connectivity index (χ3n) is 3.71. The minimum Gasteiger partial charge on any atom is -0.311 e. The van der Waals surface area contributed by atoms with E-state index in [-0.39, 0.29) is 12.5 Å². The fourth-order valence-electron chi connectivity index (χ4n) is 2.62.